The highest BCUT2D eigenvalue weighted by molar-refractivity contribution is 9.10. The van der Waals surface area contributed by atoms with Gasteiger partial charge in [0.15, 0.2) is 0 Å². The van der Waals surface area contributed by atoms with Crippen LogP contribution in [0.25, 0.3) is 0 Å². The van der Waals surface area contributed by atoms with E-state index >= 15 is 0 Å². The van der Waals surface area contributed by atoms with Crippen LogP contribution >= 0.6 is 15.9 Å². The van der Waals surface area contributed by atoms with Gasteiger partial charge in [0.05, 0.1) is 12.6 Å². The molecule has 1 unspecified atom stereocenters. The fourth-order valence-electron chi connectivity index (χ4n) is 2.28. The number of nitrogens with one attached hydrogen (secondary N) is 1. The van der Waals surface area contributed by atoms with Gasteiger partial charge in [-0.3, -0.25) is 10.2 Å². The van der Waals surface area contributed by atoms with Crippen molar-refractivity contribution in [1.82, 2.24) is 10.4 Å². The first-order valence-corrected chi connectivity index (χ1v) is 8.53. The van der Waals surface area contributed by atoms with Crippen molar-refractivity contribution < 1.29 is 19.1 Å². The molecule has 23 heavy (non-hydrogen) atoms. The van der Waals surface area contributed by atoms with E-state index in [9.17, 15) is 9.59 Å². The number of carbonyl (C=O) groups is 2. The number of nitrogens with zero attached hydrogens (tertiary/aromatic N) is 1. The fraction of sp³-hybridized carbons (Fsp3) is 0.500. The summed E-state index contributed by atoms with van der Waals surface area (Å²) in [6.45, 7) is 2.78. The maximum atomic E-state index is 11.9. The van der Waals surface area contributed by atoms with E-state index in [4.69, 9.17) is 9.47 Å². The van der Waals surface area contributed by atoms with Crippen LogP contribution in [0.15, 0.2) is 28.7 Å². The standard InChI is InChI=1S/C16H21BrN2O4/c1-2-3-13(23-14-6-4-12(17)5-7-14)8-9-15(20)18-19-10-11-22-16(19)21/h4-7,13H,2-3,8-11H2,1H3,(H,18,20). The van der Waals surface area contributed by atoms with E-state index in [0.717, 1.165) is 23.1 Å². The number of cyclic esters (lactones) is 1. The molecule has 0 saturated carbocycles. The van der Waals surface area contributed by atoms with Crippen LogP contribution < -0.4 is 10.2 Å². The molecule has 1 aliphatic rings. The van der Waals surface area contributed by atoms with Gasteiger partial charge < -0.3 is 9.47 Å². The molecule has 7 heteroatoms. The molecule has 0 aromatic heterocycles. The molecule has 2 rings (SSSR count). The Labute approximate surface area is 144 Å². The van der Waals surface area contributed by atoms with Crippen molar-refractivity contribution in [2.75, 3.05) is 13.2 Å². The van der Waals surface area contributed by atoms with E-state index < -0.39 is 6.09 Å². The predicted molar refractivity (Wildman–Crippen MR) is 88.9 cm³/mol. The summed E-state index contributed by atoms with van der Waals surface area (Å²) in [6, 6.07) is 7.63. The smallest absolute Gasteiger partial charge is 0.428 e. The van der Waals surface area contributed by atoms with Crippen LogP contribution in [0.5, 0.6) is 5.75 Å². The molecule has 2 amide bonds. The first-order valence-electron chi connectivity index (χ1n) is 7.74. The van der Waals surface area contributed by atoms with E-state index in [-0.39, 0.29) is 12.0 Å². The Morgan fingerprint density at radius 1 is 1.39 bits per heavy atom. The Bertz CT molecular complexity index is 535. The lowest BCUT2D eigenvalue weighted by Gasteiger charge is -2.19. The molecule has 1 heterocycles. The van der Waals surface area contributed by atoms with Gasteiger partial charge in [0, 0.05) is 10.9 Å². The van der Waals surface area contributed by atoms with Gasteiger partial charge in [-0.15, -0.1) is 0 Å². The average Bonchev–Trinajstić information content (AvgIpc) is 2.92. The van der Waals surface area contributed by atoms with Crippen molar-refractivity contribution in [3.05, 3.63) is 28.7 Å². The molecule has 126 valence electrons. The minimum Gasteiger partial charge on any atom is -0.490 e. The number of carbonyl (C=O) groups excluding carboxylic acids is 2. The summed E-state index contributed by atoms with van der Waals surface area (Å²) < 4.78 is 11.7. The summed E-state index contributed by atoms with van der Waals surface area (Å²) in [5.74, 6) is 0.583. The molecule has 6 nitrogen and oxygen atoms in total. The van der Waals surface area contributed by atoms with Crippen LogP contribution in [-0.4, -0.2) is 36.3 Å². The van der Waals surface area contributed by atoms with E-state index in [1.807, 2.05) is 24.3 Å². The summed E-state index contributed by atoms with van der Waals surface area (Å²) in [6.07, 6.45) is 2.20. The highest BCUT2D eigenvalue weighted by Gasteiger charge is 2.24. The largest absolute Gasteiger partial charge is 0.490 e. The first kappa shape index (κ1) is 17.6. The topological polar surface area (TPSA) is 67.9 Å². The molecule has 0 spiro atoms. The monoisotopic (exact) mass is 384 g/mol. The van der Waals surface area contributed by atoms with Crippen LogP contribution in [0.2, 0.25) is 0 Å². The number of ether oxygens (including phenoxy) is 2. The zero-order valence-electron chi connectivity index (χ0n) is 13.1. The summed E-state index contributed by atoms with van der Waals surface area (Å²) in [4.78, 5) is 23.2. The number of hydrogen-bond acceptors (Lipinski definition) is 4. The predicted octanol–water partition coefficient (Wildman–Crippen LogP) is 3.26. The Morgan fingerprint density at radius 2 is 2.13 bits per heavy atom. The van der Waals surface area contributed by atoms with Crippen LogP contribution in [0, 0.1) is 0 Å². The lowest BCUT2D eigenvalue weighted by atomic mass is 10.1. The second-order valence-electron chi connectivity index (χ2n) is 5.32. The normalized spacial score (nSPS) is 15.2. The molecule has 1 saturated heterocycles. The maximum Gasteiger partial charge on any atom is 0.428 e. The van der Waals surface area contributed by atoms with Gasteiger partial charge in [-0.05, 0) is 37.1 Å². The molecule has 0 aliphatic carbocycles. The van der Waals surface area contributed by atoms with Crippen LogP contribution in [0.3, 0.4) is 0 Å². The minimum absolute atomic E-state index is 0.0301. The quantitative estimate of drug-likeness (QED) is 0.746. The van der Waals surface area contributed by atoms with Crippen LogP contribution in [0.1, 0.15) is 32.6 Å². The number of amides is 2. The van der Waals surface area contributed by atoms with Crippen molar-refractivity contribution in [3.63, 3.8) is 0 Å². The number of rotatable bonds is 8. The van der Waals surface area contributed by atoms with E-state index in [1.165, 1.54) is 5.01 Å². The summed E-state index contributed by atoms with van der Waals surface area (Å²) in [7, 11) is 0. The molecule has 1 aromatic rings. The fourth-order valence-corrected chi connectivity index (χ4v) is 2.55. The van der Waals surface area contributed by atoms with Crippen LogP contribution in [0.4, 0.5) is 4.79 Å². The molecule has 1 atom stereocenters. The Hall–Kier alpha value is -1.76. The first-order chi connectivity index (χ1) is 11.1. The zero-order valence-corrected chi connectivity index (χ0v) is 14.7. The minimum atomic E-state index is -0.505. The molecular weight excluding hydrogens is 364 g/mol. The maximum absolute atomic E-state index is 11.9. The molecule has 1 aromatic carbocycles. The SMILES string of the molecule is CCCC(CCC(=O)NN1CCOC1=O)Oc1ccc(Br)cc1. The third-order valence-electron chi connectivity index (χ3n) is 3.44. The summed E-state index contributed by atoms with van der Waals surface area (Å²) >= 11 is 3.39. The highest BCUT2D eigenvalue weighted by atomic mass is 79.9. The summed E-state index contributed by atoms with van der Waals surface area (Å²) in [5, 5.41) is 1.20. The van der Waals surface area contributed by atoms with Gasteiger partial charge >= 0.3 is 6.09 Å². The van der Waals surface area contributed by atoms with Gasteiger partial charge in [-0.25, -0.2) is 9.80 Å². The van der Waals surface area contributed by atoms with Crippen LogP contribution in [-0.2, 0) is 9.53 Å². The summed E-state index contributed by atoms with van der Waals surface area (Å²) in [5.41, 5.74) is 2.56. The number of halogens is 1. The van der Waals surface area contributed by atoms with Crippen molar-refractivity contribution >= 4 is 27.9 Å². The van der Waals surface area contributed by atoms with Gasteiger partial charge in [0.25, 0.3) is 0 Å². The van der Waals surface area contributed by atoms with Crippen molar-refractivity contribution in [2.45, 2.75) is 38.7 Å². The molecule has 0 radical (unpaired) electrons. The Balaban J connectivity index is 1.80. The van der Waals surface area contributed by atoms with Crippen molar-refractivity contribution in [2.24, 2.45) is 0 Å². The molecule has 1 aliphatic heterocycles. The molecule has 0 bridgehead atoms. The third kappa shape index (κ3) is 5.74. The van der Waals surface area contributed by atoms with Gasteiger partial charge in [0.1, 0.15) is 12.4 Å². The highest BCUT2D eigenvalue weighted by Crippen LogP contribution is 2.20. The van der Waals surface area contributed by atoms with Crippen molar-refractivity contribution in [1.29, 1.82) is 0 Å². The third-order valence-corrected chi connectivity index (χ3v) is 3.97. The Morgan fingerprint density at radius 3 is 2.74 bits per heavy atom. The second-order valence-corrected chi connectivity index (χ2v) is 6.24. The van der Waals surface area contributed by atoms with Gasteiger partial charge in [-0.1, -0.05) is 29.3 Å². The van der Waals surface area contributed by atoms with Gasteiger partial charge in [-0.2, -0.15) is 0 Å². The second kappa shape index (κ2) is 8.76. The molecular formula is C16H21BrN2O4. The Kier molecular flexibility index (Phi) is 6.70. The van der Waals surface area contributed by atoms with Gasteiger partial charge in [0.2, 0.25) is 5.91 Å². The number of benzene rings is 1. The van der Waals surface area contributed by atoms with Crippen molar-refractivity contribution in [3.8, 4) is 5.75 Å². The average molecular weight is 385 g/mol. The molecule has 1 N–H and O–H groups in total. The van der Waals surface area contributed by atoms with E-state index in [1.54, 1.807) is 0 Å². The lowest BCUT2D eigenvalue weighted by Crippen LogP contribution is -2.42. The number of hydrogen-bond donors (Lipinski definition) is 1. The molecule has 1 fully saturated rings. The lowest BCUT2D eigenvalue weighted by molar-refractivity contribution is -0.125. The van der Waals surface area contributed by atoms with E-state index in [2.05, 4.69) is 28.3 Å². The number of hydrazine groups is 1. The van der Waals surface area contributed by atoms with E-state index in [0.29, 0.717) is 26.0 Å². The zero-order chi connectivity index (χ0) is 16.7.